The summed E-state index contributed by atoms with van der Waals surface area (Å²) in [4.78, 5) is 0. The quantitative estimate of drug-likeness (QED) is 0.576. The molecule has 15 heavy (non-hydrogen) atoms. The number of rotatable bonds is 0. The Labute approximate surface area is 77.0 Å². The molecule has 9 heteroatoms. The second-order valence-corrected chi connectivity index (χ2v) is 3.07. The van der Waals surface area contributed by atoms with Crippen molar-refractivity contribution in [3.05, 3.63) is 0 Å². The van der Waals surface area contributed by atoms with E-state index in [2.05, 4.69) is 0 Å². The predicted octanol–water partition coefficient (Wildman–Crippen LogP) is 2.92. The molecule has 0 aromatic carbocycles. The first-order chi connectivity index (χ1) is 6.48. The topological polar surface area (TPSA) is 0 Å². The minimum Gasteiger partial charge on any atom is -0.241 e. The summed E-state index contributed by atoms with van der Waals surface area (Å²) in [6.07, 6.45) is -12.6. The SMILES string of the molecule is FC1C(F)C(F)(F)C(F)(F)C(F)(F)C1F. The molecule has 1 rings (SSSR count). The van der Waals surface area contributed by atoms with Crippen LogP contribution >= 0.6 is 0 Å². The first kappa shape index (κ1) is 12.4. The normalized spacial score (nSPS) is 42.6. The molecule has 0 aromatic heterocycles. The molecular weight excluding hydrogens is 243 g/mol. The van der Waals surface area contributed by atoms with Gasteiger partial charge >= 0.3 is 17.8 Å². The van der Waals surface area contributed by atoms with Crippen LogP contribution in [-0.2, 0) is 0 Å². The molecule has 2 unspecified atom stereocenters. The molecule has 1 saturated carbocycles. The minimum absolute atomic E-state index is 3.99. The van der Waals surface area contributed by atoms with Crippen LogP contribution in [0.1, 0.15) is 0 Å². The van der Waals surface area contributed by atoms with E-state index in [-0.39, 0.29) is 0 Å². The van der Waals surface area contributed by atoms with Gasteiger partial charge in [-0.15, -0.1) is 0 Å². The average Bonchev–Trinajstić information content (AvgIpc) is 2.12. The summed E-state index contributed by atoms with van der Waals surface area (Å²) in [6.45, 7) is 0. The lowest BCUT2D eigenvalue weighted by molar-refractivity contribution is -0.374. The van der Waals surface area contributed by atoms with Crippen molar-refractivity contribution in [1.82, 2.24) is 0 Å². The summed E-state index contributed by atoms with van der Waals surface area (Å²) in [6, 6.07) is 0. The van der Waals surface area contributed by atoms with Crippen LogP contribution < -0.4 is 0 Å². The summed E-state index contributed by atoms with van der Waals surface area (Å²) in [5.74, 6) is -18.2. The van der Waals surface area contributed by atoms with E-state index in [9.17, 15) is 39.5 Å². The van der Waals surface area contributed by atoms with Gasteiger partial charge in [-0.25, -0.2) is 13.2 Å². The molecule has 0 aromatic rings. The summed E-state index contributed by atoms with van der Waals surface area (Å²) < 4.78 is 111. The third-order valence-corrected chi connectivity index (χ3v) is 2.09. The van der Waals surface area contributed by atoms with Gasteiger partial charge in [0.1, 0.15) is 0 Å². The molecule has 1 aliphatic rings. The molecule has 1 fully saturated rings. The highest BCUT2D eigenvalue weighted by Crippen LogP contribution is 2.56. The Hall–Kier alpha value is -0.630. The summed E-state index contributed by atoms with van der Waals surface area (Å²) in [5, 5.41) is 0. The zero-order valence-electron chi connectivity index (χ0n) is 6.63. The van der Waals surface area contributed by atoms with Crippen LogP contribution in [0.25, 0.3) is 0 Å². The fourth-order valence-electron chi connectivity index (χ4n) is 1.12. The minimum atomic E-state index is -6.26. The first-order valence-corrected chi connectivity index (χ1v) is 3.53. The van der Waals surface area contributed by atoms with Crippen LogP contribution in [0.5, 0.6) is 0 Å². The monoisotopic (exact) mass is 246 g/mol. The molecule has 0 amide bonds. The maximum absolute atomic E-state index is 12.3. The maximum Gasteiger partial charge on any atom is 0.378 e. The van der Waals surface area contributed by atoms with E-state index in [0.717, 1.165) is 0 Å². The smallest absolute Gasteiger partial charge is 0.241 e. The van der Waals surface area contributed by atoms with Crippen molar-refractivity contribution in [2.45, 2.75) is 36.3 Å². The van der Waals surface area contributed by atoms with Gasteiger partial charge in [0.05, 0.1) is 0 Å². The molecule has 2 atom stereocenters. The predicted molar refractivity (Wildman–Crippen MR) is 29.5 cm³/mol. The summed E-state index contributed by atoms with van der Waals surface area (Å²) >= 11 is 0. The van der Waals surface area contributed by atoms with Crippen molar-refractivity contribution >= 4 is 0 Å². The highest BCUT2D eigenvalue weighted by molar-refractivity contribution is 5.13. The van der Waals surface area contributed by atoms with Crippen molar-refractivity contribution in [3.8, 4) is 0 Å². The van der Waals surface area contributed by atoms with E-state index in [1.807, 2.05) is 0 Å². The fraction of sp³-hybridized carbons (Fsp3) is 1.00. The second kappa shape index (κ2) is 2.94. The maximum atomic E-state index is 12.3. The van der Waals surface area contributed by atoms with Crippen LogP contribution in [0.4, 0.5) is 39.5 Å². The van der Waals surface area contributed by atoms with Crippen LogP contribution in [0.3, 0.4) is 0 Å². The zero-order valence-corrected chi connectivity index (χ0v) is 6.63. The first-order valence-electron chi connectivity index (χ1n) is 3.53. The Morgan fingerprint density at radius 3 is 1.13 bits per heavy atom. The van der Waals surface area contributed by atoms with Crippen molar-refractivity contribution < 1.29 is 39.5 Å². The Bertz CT molecular complexity index is 235. The zero-order chi connectivity index (χ0) is 12.2. The Morgan fingerprint density at radius 2 is 0.867 bits per heavy atom. The molecule has 0 heterocycles. The van der Waals surface area contributed by atoms with E-state index >= 15 is 0 Å². The van der Waals surface area contributed by atoms with Crippen LogP contribution in [0, 0.1) is 0 Å². The molecule has 0 radical (unpaired) electrons. The molecule has 0 saturated heterocycles. The third kappa shape index (κ3) is 1.24. The lowest BCUT2D eigenvalue weighted by atomic mass is 9.85. The van der Waals surface area contributed by atoms with Crippen molar-refractivity contribution in [2.75, 3.05) is 0 Å². The molecule has 0 nitrogen and oxygen atoms in total. The second-order valence-electron chi connectivity index (χ2n) is 3.07. The van der Waals surface area contributed by atoms with Crippen molar-refractivity contribution in [3.63, 3.8) is 0 Å². The van der Waals surface area contributed by atoms with E-state index < -0.39 is 36.3 Å². The molecule has 0 bridgehead atoms. The van der Waals surface area contributed by atoms with Gasteiger partial charge in [0.25, 0.3) is 0 Å². The molecule has 90 valence electrons. The van der Waals surface area contributed by atoms with Crippen molar-refractivity contribution in [1.29, 1.82) is 0 Å². The fourth-order valence-corrected chi connectivity index (χ4v) is 1.12. The average molecular weight is 246 g/mol. The number of hydrogen-bond donors (Lipinski definition) is 0. The van der Waals surface area contributed by atoms with Gasteiger partial charge in [0.2, 0.25) is 12.3 Å². The van der Waals surface area contributed by atoms with Crippen LogP contribution in [-0.4, -0.2) is 36.3 Å². The highest BCUT2D eigenvalue weighted by atomic mass is 19.4. The highest BCUT2D eigenvalue weighted by Gasteiger charge is 2.83. The summed E-state index contributed by atoms with van der Waals surface area (Å²) in [5.41, 5.74) is 0. The summed E-state index contributed by atoms with van der Waals surface area (Å²) in [7, 11) is 0. The van der Waals surface area contributed by atoms with E-state index in [4.69, 9.17) is 0 Å². The van der Waals surface area contributed by atoms with Crippen molar-refractivity contribution in [2.24, 2.45) is 0 Å². The van der Waals surface area contributed by atoms with E-state index in [0.29, 0.717) is 0 Å². The lowest BCUT2D eigenvalue weighted by Crippen LogP contribution is -2.71. The molecule has 0 N–H and O–H groups in total. The molecule has 0 aliphatic heterocycles. The largest absolute Gasteiger partial charge is 0.378 e. The molecule has 1 aliphatic carbocycles. The number of halogens is 9. The van der Waals surface area contributed by atoms with Gasteiger partial charge in [0, 0.05) is 0 Å². The Morgan fingerprint density at radius 1 is 0.600 bits per heavy atom. The third-order valence-electron chi connectivity index (χ3n) is 2.09. The molecule has 0 spiro atoms. The van der Waals surface area contributed by atoms with Gasteiger partial charge < -0.3 is 0 Å². The van der Waals surface area contributed by atoms with Crippen LogP contribution in [0.2, 0.25) is 0 Å². The van der Waals surface area contributed by atoms with Gasteiger partial charge in [-0.3, -0.25) is 0 Å². The van der Waals surface area contributed by atoms with Gasteiger partial charge in [-0.05, 0) is 0 Å². The molecular formula is C6H3F9. The van der Waals surface area contributed by atoms with Gasteiger partial charge in [-0.2, -0.15) is 26.3 Å². The van der Waals surface area contributed by atoms with E-state index in [1.165, 1.54) is 0 Å². The number of hydrogen-bond acceptors (Lipinski definition) is 0. The Balaban J connectivity index is 3.27. The Kier molecular flexibility index (Phi) is 2.44. The van der Waals surface area contributed by atoms with Crippen LogP contribution in [0.15, 0.2) is 0 Å². The number of alkyl halides is 9. The van der Waals surface area contributed by atoms with Gasteiger partial charge in [0.15, 0.2) is 6.17 Å². The lowest BCUT2D eigenvalue weighted by Gasteiger charge is -2.42. The van der Waals surface area contributed by atoms with E-state index in [1.54, 1.807) is 0 Å². The van der Waals surface area contributed by atoms with Gasteiger partial charge in [-0.1, -0.05) is 0 Å². The standard InChI is InChI=1S/C6H3F9/c7-1-2(8)4(10,11)6(14,15)5(12,13)3(1)9/h1-3H.